The molecular weight excluding hydrogens is 232 g/mol. The van der Waals surface area contributed by atoms with Crippen molar-refractivity contribution in [2.75, 3.05) is 12.0 Å². The molecule has 16 heavy (non-hydrogen) atoms. The van der Waals surface area contributed by atoms with Gasteiger partial charge in [0, 0.05) is 0 Å². The first-order valence-corrected chi connectivity index (χ1v) is 6.02. The van der Waals surface area contributed by atoms with Crippen LogP contribution in [0.4, 0.5) is 5.69 Å². The van der Waals surface area contributed by atoms with Gasteiger partial charge in [-0.15, -0.1) is 5.43 Å². The van der Waals surface area contributed by atoms with Gasteiger partial charge in [0.25, 0.3) is 0 Å². The van der Waals surface area contributed by atoms with Crippen molar-refractivity contribution in [1.82, 2.24) is 0 Å². The third kappa shape index (κ3) is 3.48. The summed E-state index contributed by atoms with van der Waals surface area (Å²) in [4.78, 5) is 0.473. The molecule has 0 radical (unpaired) electrons. The zero-order valence-corrected chi connectivity index (χ0v) is 9.44. The standard InChI is InChI=1S/C8H12N4O3S/c1-2-12(13)11-10-7-3-5-8(6-4-7)16(9,14)15/h3-6,10H,2H2,1H3,(H2,9,14,15). The minimum Gasteiger partial charge on any atom is -0.696 e. The maximum atomic E-state index is 10.9. The van der Waals surface area contributed by atoms with Gasteiger partial charge in [0.1, 0.15) is 12.2 Å². The summed E-state index contributed by atoms with van der Waals surface area (Å²) < 4.78 is 21.9. The minimum atomic E-state index is -3.69. The monoisotopic (exact) mass is 244 g/mol. The molecule has 3 N–H and O–H groups in total. The van der Waals surface area contributed by atoms with Gasteiger partial charge in [-0.25, -0.2) is 13.6 Å². The molecular formula is C8H12N4O3S. The molecule has 1 aromatic rings. The number of hydrogen-bond donors (Lipinski definition) is 2. The molecule has 0 bridgehead atoms. The van der Waals surface area contributed by atoms with Gasteiger partial charge >= 0.3 is 0 Å². The number of sulfonamides is 1. The van der Waals surface area contributed by atoms with Crippen LogP contribution in [0, 0.1) is 5.21 Å². The molecule has 1 rings (SSSR count). The summed E-state index contributed by atoms with van der Waals surface area (Å²) in [6.07, 6.45) is 0. The van der Waals surface area contributed by atoms with E-state index < -0.39 is 10.0 Å². The van der Waals surface area contributed by atoms with Gasteiger partial charge < -0.3 is 5.21 Å². The van der Waals surface area contributed by atoms with Crippen molar-refractivity contribution in [1.29, 1.82) is 0 Å². The molecule has 0 aromatic heterocycles. The molecule has 0 spiro atoms. The first kappa shape index (κ1) is 12.4. The molecule has 7 nitrogen and oxygen atoms in total. The molecule has 0 amide bonds. The SMILES string of the molecule is CC[N+]([O-])=NNc1ccc(S(N)(=O)=O)cc1. The summed E-state index contributed by atoms with van der Waals surface area (Å²) >= 11 is 0. The molecule has 88 valence electrons. The fourth-order valence-electron chi connectivity index (χ4n) is 0.903. The fourth-order valence-corrected chi connectivity index (χ4v) is 1.42. The second-order valence-corrected chi connectivity index (χ2v) is 4.51. The average molecular weight is 244 g/mol. The first-order chi connectivity index (χ1) is 7.43. The van der Waals surface area contributed by atoms with Crippen LogP contribution in [0.5, 0.6) is 0 Å². The number of nitrogens with two attached hydrogens (primary N) is 1. The number of nitrogens with one attached hydrogen (secondary N) is 1. The predicted molar refractivity (Wildman–Crippen MR) is 58.0 cm³/mol. The predicted octanol–water partition coefficient (Wildman–Crippen LogP) is 0.643. The van der Waals surface area contributed by atoms with Gasteiger partial charge in [-0.05, 0) is 31.2 Å². The lowest BCUT2D eigenvalue weighted by atomic mass is 10.3. The van der Waals surface area contributed by atoms with Crippen molar-refractivity contribution < 1.29 is 13.3 Å². The Bertz CT molecular complexity index is 481. The van der Waals surface area contributed by atoms with E-state index in [1.54, 1.807) is 6.92 Å². The van der Waals surface area contributed by atoms with Crippen molar-refractivity contribution in [2.24, 2.45) is 10.4 Å². The summed E-state index contributed by atoms with van der Waals surface area (Å²) in [7, 11) is -3.69. The highest BCUT2D eigenvalue weighted by Gasteiger charge is 2.07. The minimum absolute atomic E-state index is 0.00696. The second kappa shape index (κ2) is 4.90. The van der Waals surface area contributed by atoms with Crippen LogP contribution in [-0.4, -0.2) is 19.8 Å². The molecule has 0 saturated carbocycles. The third-order valence-corrected chi connectivity index (χ3v) is 2.67. The largest absolute Gasteiger partial charge is 0.696 e. The lowest BCUT2D eigenvalue weighted by Gasteiger charge is -2.01. The number of rotatable bonds is 4. The zero-order valence-electron chi connectivity index (χ0n) is 8.62. The highest BCUT2D eigenvalue weighted by atomic mass is 32.2. The quantitative estimate of drug-likeness (QED) is 0.460. The van der Waals surface area contributed by atoms with Crippen molar-refractivity contribution in [3.8, 4) is 0 Å². The third-order valence-electron chi connectivity index (χ3n) is 1.74. The van der Waals surface area contributed by atoms with Crippen LogP contribution in [-0.2, 0) is 10.0 Å². The Morgan fingerprint density at radius 1 is 1.44 bits per heavy atom. The van der Waals surface area contributed by atoms with Crippen LogP contribution >= 0.6 is 0 Å². The van der Waals surface area contributed by atoms with Gasteiger partial charge in [0.2, 0.25) is 10.0 Å². The smallest absolute Gasteiger partial charge is 0.238 e. The molecule has 0 aliphatic carbocycles. The van der Waals surface area contributed by atoms with Gasteiger partial charge in [0.15, 0.2) is 0 Å². The summed E-state index contributed by atoms with van der Waals surface area (Å²) in [5, 5.41) is 19.2. The summed E-state index contributed by atoms with van der Waals surface area (Å²) in [6, 6.07) is 5.59. The van der Waals surface area contributed by atoms with E-state index in [-0.39, 0.29) is 11.4 Å². The second-order valence-electron chi connectivity index (χ2n) is 2.95. The Balaban J connectivity index is 2.81. The number of benzene rings is 1. The van der Waals surface area contributed by atoms with Gasteiger partial charge in [-0.1, -0.05) is 0 Å². The van der Waals surface area contributed by atoms with Crippen molar-refractivity contribution >= 4 is 15.7 Å². The van der Waals surface area contributed by atoms with E-state index >= 15 is 0 Å². The molecule has 0 atom stereocenters. The Hall–Kier alpha value is -1.67. The average Bonchev–Trinajstić information content (AvgIpc) is 2.25. The highest BCUT2D eigenvalue weighted by Crippen LogP contribution is 2.12. The Labute approximate surface area is 93.2 Å². The van der Waals surface area contributed by atoms with E-state index in [1.807, 2.05) is 0 Å². The van der Waals surface area contributed by atoms with E-state index in [0.717, 1.165) is 0 Å². The van der Waals surface area contributed by atoms with Crippen LogP contribution in [0.15, 0.2) is 34.4 Å². The number of nitrogens with zero attached hydrogens (tertiary/aromatic N) is 2. The van der Waals surface area contributed by atoms with Crippen LogP contribution in [0.25, 0.3) is 0 Å². The van der Waals surface area contributed by atoms with Crippen LogP contribution in [0.3, 0.4) is 0 Å². The molecule has 0 unspecified atom stereocenters. The summed E-state index contributed by atoms with van der Waals surface area (Å²) in [6.45, 7) is 1.88. The number of primary sulfonamides is 1. The molecule has 0 aliphatic heterocycles. The summed E-state index contributed by atoms with van der Waals surface area (Å²) in [5.41, 5.74) is 2.98. The topological polar surface area (TPSA) is 111 Å². The van der Waals surface area contributed by atoms with E-state index in [0.29, 0.717) is 10.5 Å². The van der Waals surface area contributed by atoms with Crippen LogP contribution in [0.2, 0.25) is 0 Å². The molecule has 0 fully saturated rings. The fraction of sp³-hybridized carbons (Fsp3) is 0.250. The lowest BCUT2D eigenvalue weighted by molar-refractivity contribution is -0.524. The van der Waals surface area contributed by atoms with E-state index in [2.05, 4.69) is 10.6 Å². The molecule has 8 heteroatoms. The zero-order chi connectivity index (χ0) is 12.2. The van der Waals surface area contributed by atoms with Crippen LogP contribution in [0.1, 0.15) is 6.92 Å². The van der Waals surface area contributed by atoms with Gasteiger partial charge in [-0.3, -0.25) is 0 Å². The van der Waals surface area contributed by atoms with Gasteiger partial charge in [-0.2, -0.15) is 4.86 Å². The molecule has 0 aliphatic rings. The lowest BCUT2D eigenvalue weighted by Crippen LogP contribution is -2.11. The first-order valence-electron chi connectivity index (χ1n) is 4.47. The normalized spacial score (nSPS) is 12.5. The Kier molecular flexibility index (Phi) is 3.80. The van der Waals surface area contributed by atoms with E-state index in [1.165, 1.54) is 24.3 Å². The molecule has 1 aromatic carbocycles. The van der Waals surface area contributed by atoms with Gasteiger partial charge in [0.05, 0.1) is 10.1 Å². The maximum Gasteiger partial charge on any atom is 0.238 e. The Morgan fingerprint density at radius 3 is 2.44 bits per heavy atom. The molecule has 0 saturated heterocycles. The van der Waals surface area contributed by atoms with Crippen molar-refractivity contribution in [3.63, 3.8) is 0 Å². The van der Waals surface area contributed by atoms with Crippen molar-refractivity contribution in [2.45, 2.75) is 11.8 Å². The highest BCUT2D eigenvalue weighted by molar-refractivity contribution is 7.89. The van der Waals surface area contributed by atoms with Crippen molar-refractivity contribution in [3.05, 3.63) is 29.5 Å². The number of hydroxylamine groups is 1. The van der Waals surface area contributed by atoms with E-state index in [9.17, 15) is 13.6 Å². The summed E-state index contributed by atoms with van der Waals surface area (Å²) in [5.74, 6) is 0. The number of hydrogen-bond acceptors (Lipinski definition) is 4. The van der Waals surface area contributed by atoms with Crippen LogP contribution < -0.4 is 10.6 Å². The Morgan fingerprint density at radius 2 is 2.00 bits per heavy atom. The van der Waals surface area contributed by atoms with E-state index in [4.69, 9.17) is 5.14 Å². The maximum absolute atomic E-state index is 10.9. The number of anilines is 1. The molecule has 0 heterocycles.